The molecule has 0 atom stereocenters. The number of hydrogen-bond donors (Lipinski definition) is 2. The average molecular weight is 441 g/mol. The topological polar surface area (TPSA) is 54.2 Å². The number of hydrogen-bond acceptors (Lipinski definition) is 2. The van der Waals surface area contributed by atoms with Gasteiger partial charge in [0.2, 0.25) is 0 Å². The number of unbranched alkanes of at least 4 members (excludes halogenated alkanes) is 2. The maximum absolute atomic E-state index is 4.45. The number of guanidine groups is 1. The molecule has 0 radical (unpaired) electrons. The van der Waals surface area contributed by atoms with Crippen LogP contribution in [0.1, 0.15) is 37.6 Å². The van der Waals surface area contributed by atoms with Crippen molar-refractivity contribution in [1.82, 2.24) is 20.2 Å². The molecule has 6 heteroatoms. The summed E-state index contributed by atoms with van der Waals surface area (Å²) in [7, 11) is 1.80. The summed E-state index contributed by atoms with van der Waals surface area (Å²) in [5, 5.41) is 6.67. The first-order chi connectivity index (χ1) is 11.3. The average Bonchev–Trinajstić information content (AvgIpc) is 3.02. The van der Waals surface area contributed by atoms with Crippen molar-refractivity contribution in [2.75, 3.05) is 13.6 Å². The lowest BCUT2D eigenvalue weighted by atomic mass is 10.2. The summed E-state index contributed by atoms with van der Waals surface area (Å²) < 4.78 is 2.16. The predicted octanol–water partition coefficient (Wildman–Crippen LogP) is 3.40. The van der Waals surface area contributed by atoms with Crippen LogP contribution in [-0.4, -0.2) is 29.1 Å². The molecule has 2 aromatic rings. The van der Waals surface area contributed by atoms with Crippen LogP contribution in [-0.2, 0) is 13.1 Å². The fourth-order valence-corrected chi connectivity index (χ4v) is 2.40. The van der Waals surface area contributed by atoms with E-state index in [9.17, 15) is 0 Å². The lowest BCUT2D eigenvalue weighted by Crippen LogP contribution is -2.37. The third-order valence-corrected chi connectivity index (χ3v) is 3.71. The third-order valence-electron chi connectivity index (χ3n) is 3.71. The van der Waals surface area contributed by atoms with Crippen LogP contribution in [0.2, 0.25) is 0 Å². The molecular formula is C18H28IN5. The molecule has 0 saturated heterocycles. The van der Waals surface area contributed by atoms with Crippen LogP contribution >= 0.6 is 24.0 Å². The molecule has 0 aliphatic carbocycles. The zero-order valence-corrected chi connectivity index (χ0v) is 16.9. The van der Waals surface area contributed by atoms with Crippen molar-refractivity contribution >= 4 is 29.9 Å². The van der Waals surface area contributed by atoms with Gasteiger partial charge in [-0.25, -0.2) is 4.98 Å². The first kappa shape index (κ1) is 20.5. The smallest absolute Gasteiger partial charge is 0.191 e. The highest BCUT2D eigenvalue weighted by molar-refractivity contribution is 14.0. The van der Waals surface area contributed by atoms with Crippen molar-refractivity contribution in [1.29, 1.82) is 0 Å². The molecule has 2 N–H and O–H groups in total. The Bertz CT molecular complexity index is 594. The Labute approximate surface area is 162 Å². The maximum atomic E-state index is 4.45. The van der Waals surface area contributed by atoms with Gasteiger partial charge in [0.15, 0.2) is 5.96 Å². The minimum absolute atomic E-state index is 0. The molecule has 0 aliphatic rings. The standard InChI is InChI=1S/C18H27N5.HI/c1-3-4-8-11-21-18(19-2)22-14-17-20-12-13-23(17)15-16-9-6-5-7-10-16;/h5-7,9-10,12-13H,3-4,8,11,14-15H2,1-2H3,(H2,19,21,22);1H. The molecule has 5 nitrogen and oxygen atoms in total. The first-order valence-electron chi connectivity index (χ1n) is 8.32. The second kappa shape index (κ2) is 11.9. The van der Waals surface area contributed by atoms with E-state index in [2.05, 4.69) is 56.4 Å². The van der Waals surface area contributed by atoms with E-state index in [0.717, 1.165) is 24.9 Å². The summed E-state index contributed by atoms with van der Waals surface area (Å²) in [6.07, 6.45) is 7.49. The molecule has 2 rings (SSSR count). The Morgan fingerprint density at radius 2 is 1.96 bits per heavy atom. The number of rotatable bonds is 8. The van der Waals surface area contributed by atoms with Crippen molar-refractivity contribution < 1.29 is 0 Å². The monoisotopic (exact) mass is 441 g/mol. The lowest BCUT2D eigenvalue weighted by Gasteiger charge is -2.13. The van der Waals surface area contributed by atoms with Gasteiger partial charge < -0.3 is 15.2 Å². The van der Waals surface area contributed by atoms with E-state index in [1.807, 2.05) is 18.5 Å². The molecule has 24 heavy (non-hydrogen) atoms. The summed E-state index contributed by atoms with van der Waals surface area (Å²) in [6, 6.07) is 10.4. The van der Waals surface area contributed by atoms with E-state index in [1.54, 1.807) is 7.05 Å². The van der Waals surface area contributed by atoms with Crippen molar-refractivity contribution in [2.45, 2.75) is 39.3 Å². The zero-order valence-electron chi connectivity index (χ0n) is 14.5. The normalized spacial score (nSPS) is 11.0. The number of aliphatic imine (C=N–C) groups is 1. The van der Waals surface area contributed by atoms with Gasteiger partial charge in [-0.1, -0.05) is 50.1 Å². The van der Waals surface area contributed by atoms with Gasteiger partial charge in [-0.3, -0.25) is 4.99 Å². The fraction of sp³-hybridized carbons (Fsp3) is 0.444. The van der Waals surface area contributed by atoms with Gasteiger partial charge in [-0.05, 0) is 12.0 Å². The largest absolute Gasteiger partial charge is 0.356 e. The van der Waals surface area contributed by atoms with E-state index in [4.69, 9.17) is 0 Å². The highest BCUT2D eigenvalue weighted by atomic mass is 127. The van der Waals surface area contributed by atoms with Gasteiger partial charge in [0, 0.05) is 32.5 Å². The number of halogens is 1. The van der Waals surface area contributed by atoms with Gasteiger partial charge >= 0.3 is 0 Å². The Hall–Kier alpha value is -1.57. The van der Waals surface area contributed by atoms with Gasteiger partial charge in [-0.15, -0.1) is 24.0 Å². The molecule has 0 amide bonds. The van der Waals surface area contributed by atoms with E-state index < -0.39 is 0 Å². The molecule has 0 unspecified atom stereocenters. The maximum Gasteiger partial charge on any atom is 0.191 e. The molecule has 0 fully saturated rings. The first-order valence-corrected chi connectivity index (χ1v) is 8.32. The summed E-state index contributed by atoms with van der Waals surface area (Å²) in [4.78, 5) is 8.70. The Morgan fingerprint density at radius 3 is 2.67 bits per heavy atom. The minimum atomic E-state index is 0. The van der Waals surface area contributed by atoms with Gasteiger partial charge in [0.05, 0.1) is 6.54 Å². The SMILES string of the molecule is CCCCCNC(=NC)NCc1nccn1Cc1ccccc1.I. The van der Waals surface area contributed by atoms with Crippen LogP contribution in [0.5, 0.6) is 0 Å². The van der Waals surface area contributed by atoms with Crippen molar-refractivity contribution in [3.8, 4) is 0 Å². The van der Waals surface area contributed by atoms with Gasteiger partial charge in [0.25, 0.3) is 0 Å². The molecule has 0 aliphatic heterocycles. The molecule has 0 bridgehead atoms. The number of aromatic nitrogens is 2. The molecule has 1 aromatic heterocycles. The minimum Gasteiger partial charge on any atom is -0.356 e. The van der Waals surface area contributed by atoms with Crippen LogP contribution in [0, 0.1) is 0 Å². The third kappa shape index (κ3) is 6.90. The highest BCUT2D eigenvalue weighted by Gasteiger charge is 2.05. The molecular weight excluding hydrogens is 413 g/mol. The van der Waals surface area contributed by atoms with Crippen molar-refractivity contribution in [3.05, 3.63) is 54.1 Å². The van der Waals surface area contributed by atoms with Crippen LogP contribution in [0.15, 0.2) is 47.7 Å². The molecule has 1 aromatic carbocycles. The van der Waals surface area contributed by atoms with E-state index in [1.165, 1.54) is 24.8 Å². The lowest BCUT2D eigenvalue weighted by molar-refractivity contribution is 0.665. The summed E-state index contributed by atoms with van der Waals surface area (Å²) >= 11 is 0. The molecule has 1 heterocycles. The summed E-state index contributed by atoms with van der Waals surface area (Å²) in [5.74, 6) is 1.83. The Kier molecular flexibility index (Phi) is 10.1. The number of benzene rings is 1. The fourth-order valence-electron chi connectivity index (χ4n) is 2.40. The number of imidazole rings is 1. The van der Waals surface area contributed by atoms with Crippen LogP contribution < -0.4 is 10.6 Å². The molecule has 132 valence electrons. The molecule has 0 saturated carbocycles. The van der Waals surface area contributed by atoms with Crippen LogP contribution in [0.25, 0.3) is 0 Å². The highest BCUT2D eigenvalue weighted by Crippen LogP contribution is 2.05. The number of nitrogens with zero attached hydrogens (tertiary/aromatic N) is 3. The molecule has 0 spiro atoms. The van der Waals surface area contributed by atoms with Crippen molar-refractivity contribution in [3.63, 3.8) is 0 Å². The second-order valence-electron chi connectivity index (χ2n) is 5.52. The Balaban J connectivity index is 0.00000288. The summed E-state index contributed by atoms with van der Waals surface area (Å²) in [6.45, 7) is 4.65. The van der Waals surface area contributed by atoms with E-state index in [0.29, 0.717) is 6.54 Å². The Morgan fingerprint density at radius 1 is 1.17 bits per heavy atom. The predicted molar refractivity (Wildman–Crippen MR) is 111 cm³/mol. The van der Waals surface area contributed by atoms with Gasteiger partial charge in [0.1, 0.15) is 5.82 Å². The number of nitrogens with one attached hydrogen (secondary N) is 2. The van der Waals surface area contributed by atoms with Crippen LogP contribution in [0.4, 0.5) is 0 Å². The van der Waals surface area contributed by atoms with Crippen molar-refractivity contribution in [2.24, 2.45) is 4.99 Å². The van der Waals surface area contributed by atoms with E-state index >= 15 is 0 Å². The van der Waals surface area contributed by atoms with E-state index in [-0.39, 0.29) is 24.0 Å². The second-order valence-corrected chi connectivity index (χ2v) is 5.52. The quantitative estimate of drug-likeness (QED) is 0.286. The summed E-state index contributed by atoms with van der Waals surface area (Å²) in [5.41, 5.74) is 1.27. The van der Waals surface area contributed by atoms with Crippen LogP contribution in [0.3, 0.4) is 0 Å². The zero-order chi connectivity index (χ0) is 16.3. The van der Waals surface area contributed by atoms with Gasteiger partial charge in [-0.2, -0.15) is 0 Å².